The van der Waals surface area contributed by atoms with Crippen molar-refractivity contribution in [3.8, 4) is 11.8 Å². The Morgan fingerprint density at radius 1 is 0.784 bits per heavy atom. The van der Waals surface area contributed by atoms with Crippen LogP contribution >= 0.6 is 0 Å². The fourth-order valence-corrected chi connectivity index (χ4v) is 7.29. The van der Waals surface area contributed by atoms with Crippen LogP contribution in [-0.2, 0) is 47.5 Å². The van der Waals surface area contributed by atoms with Crippen molar-refractivity contribution in [2.75, 3.05) is 13.2 Å². The molecule has 1 saturated carbocycles. The molecule has 0 amide bonds. The Balaban J connectivity index is 1.65. The molecule has 3 unspecified atom stereocenters. The molecule has 0 aromatic carbocycles. The molecule has 0 bridgehead atoms. The summed E-state index contributed by atoms with van der Waals surface area (Å²) in [6.07, 6.45) is 22.5. The molecular formula is C41H66O10. The molecule has 3 aliphatic rings. The molecule has 1 aliphatic carbocycles. The minimum atomic E-state index is -1.74. The van der Waals surface area contributed by atoms with E-state index in [9.17, 15) is 14.4 Å². The van der Waals surface area contributed by atoms with Gasteiger partial charge in [0.05, 0.1) is 6.42 Å². The lowest BCUT2D eigenvalue weighted by Gasteiger charge is -2.39. The van der Waals surface area contributed by atoms with Gasteiger partial charge in [-0.3, -0.25) is 23.9 Å². The Bertz CT molecular complexity index is 1080. The molecule has 2 aliphatic heterocycles. The average molecular weight is 719 g/mol. The minimum Gasteiger partial charge on any atom is -0.462 e. The molecule has 0 spiro atoms. The van der Waals surface area contributed by atoms with Crippen LogP contribution in [0.25, 0.3) is 0 Å². The van der Waals surface area contributed by atoms with Crippen LogP contribution in [0.2, 0.25) is 0 Å². The van der Waals surface area contributed by atoms with Crippen LogP contribution in [-0.4, -0.2) is 61.9 Å². The Labute approximate surface area is 307 Å². The summed E-state index contributed by atoms with van der Waals surface area (Å²) in [4.78, 5) is 36.5. The van der Waals surface area contributed by atoms with Gasteiger partial charge in [-0.1, -0.05) is 82.3 Å². The highest BCUT2D eigenvalue weighted by atomic mass is 16.9. The van der Waals surface area contributed by atoms with Crippen LogP contribution in [0.4, 0.5) is 0 Å². The Kier molecular flexibility index (Phi) is 20.8. The third-order valence-electron chi connectivity index (χ3n) is 9.80. The van der Waals surface area contributed by atoms with E-state index < -0.39 is 36.6 Å². The monoisotopic (exact) mass is 718 g/mol. The van der Waals surface area contributed by atoms with Crippen molar-refractivity contribution in [1.82, 2.24) is 0 Å². The van der Waals surface area contributed by atoms with Crippen molar-refractivity contribution >= 4 is 17.9 Å². The van der Waals surface area contributed by atoms with E-state index in [-0.39, 0.29) is 36.8 Å². The van der Waals surface area contributed by atoms with Gasteiger partial charge in [0.1, 0.15) is 6.10 Å². The normalized spacial score (nSPS) is 25.4. The first kappa shape index (κ1) is 43.0. The molecule has 6 atom stereocenters. The zero-order chi connectivity index (χ0) is 36.7. The molecule has 290 valence electrons. The van der Waals surface area contributed by atoms with Gasteiger partial charge in [-0.05, 0) is 70.1 Å². The van der Waals surface area contributed by atoms with E-state index in [4.69, 9.17) is 33.2 Å². The van der Waals surface area contributed by atoms with Gasteiger partial charge in [-0.2, -0.15) is 0 Å². The van der Waals surface area contributed by atoms with Crippen LogP contribution in [0.5, 0.6) is 0 Å². The largest absolute Gasteiger partial charge is 0.462 e. The van der Waals surface area contributed by atoms with Gasteiger partial charge >= 0.3 is 23.9 Å². The zero-order valence-corrected chi connectivity index (χ0v) is 32.0. The van der Waals surface area contributed by atoms with Crippen molar-refractivity contribution < 1.29 is 47.5 Å². The number of rotatable bonds is 22. The molecule has 3 fully saturated rings. The van der Waals surface area contributed by atoms with E-state index in [0.717, 1.165) is 44.9 Å². The number of unbranched alkanes of at least 4 members (excludes halogenated alkanes) is 9. The molecule has 0 aromatic heterocycles. The lowest BCUT2D eigenvalue weighted by Crippen LogP contribution is -2.48. The van der Waals surface area contributed by atoms with Crippen LogP contribution in [0.3, 0.4) is 0 Å². The summed E-state index contributed by atoms with van der Waals surface area (Å²) < 4.78 is 41.3. The number of hydrogen-bond acceptors (Lipinski definition) is 10. The van der Waals surface area contributed by atoms with E-state index in [0.29, 0.717) is 32.5 Å². The van der Waals surface area contributed by atoms with E-state index in [2.05, 4.69) is 30.9 Å². The summed E-state index contributed by atoms with van der Waals surface area (Å²) in [7, 11) is 0. The van der Waals surface area contributed by atoms with E-state index in [1.807, 2.05) is 0 Å². The van der Waals surface area contributed by atoms with Gasteiger partial charge in [0.15, 0.2) is 18.7 Å². The average Bonchev–Trinajstić information content (AvgIpc) is 3.45. The predicted octanol–water partition coefficient (Wildman–Crippen LogP) is 8.83. The maximum atomic E-state index is 12.3. The molecule has 0 N–H and O–H groups in total. The first-order valence-corrected chi connectivity index (χ1v) is 20.0. The van der Waals surface area contributed by atoms with Gasteiger partial charge in [0.25, 0.3) is 0 Å². The predicted molar refractivity (Wildman–Crippen MR) is 194 cm³/mol. The summed E-state index contributed by atoms with van der Waals surface area (Å²) in [5.74, 6) is 3.41. The van der Waals surface area contributed by atoms with E-state index in [1.54, 1.807) is 0 Å². The quantitative estimate of drug-likeness (QED) is 0.0269. The molecule has 0 aromatic rings. The summed E-state index contributed by atoms with van der Waals surface area (Å²) in [5, 5.41) is 0. The number of hydrogen-bond donors (Lipinski definition) is 0. The number of esters is 3. The van der Waals surface area contributed by atoms with E-state index in [1.165, 1.54) is 78.6 Å². The first-order chi connectivity index (χ1) is 24.7. The molecule has 2 heterocycles. The second kappa shape index (κ2) is 24.7. The number of carbonyl (C=O) groups excluding carboxylic acids is 3. The first-order valence-electron chi connectivity index (χ1n) is 20.0. The van der Waals surface area contributed by atoms with Crippen molar-refractivity contribution in [3.63, 3.8) is 0 Å². The van der Waals surface area contributed by atoms with E-state index >= 15 is 0 Å². The Morgan fingerprint density at radius 3 is 1.96 bits per heavy atom. The lowest BCUT2D eigenvalue weighted by atomic mass is 9.88. The van der Waals surface area contributed by atoms with Crippen LogP contribution in [0, 0.1) is 23.7 Å². The van der Waals surface area contributed by atoms with Crippen molar-refractivity contribution in [2.24, 2.45) is 11.8 Å². The molecule has 10 heteroatoms. The molecule has 51 heavy (non-hydrogen) atoms. The maximum absolute atomic E-state index is 12.3. The smallest absolute Gasteiger partial charge is 0.334 e. The third-order valence-corrected chi connectivity index (χ3v) is 9.80. The number of ether oxygens (including phenoxy) is 7. The molecule has 10 nitrogen and oxygen atoms in total. The second-order valence-electron chi connectivity index (χ2n) is 14.4. The van der Waals surface area contributed by atoms with Gasteiger partial charge in [-0.15, -0.1) is 0 Å². The Hall–Kier alpha value is -2.45. The van der Waals surface area contributed by atoms with Gasteiger partial charge < -0.3 is 23.7 Å². The van der Waals surface area contributed by atoms with Crippen LogP contribution < -0.4 is 0 Å². The number of carbonyl (C=O) groups is 3. The summed E-state index contributed by atoms with van der Waals surface area (Å²) in [6.45, 7) is 7.47. The van der Waals surface area contributed by atoms with Gasteiger partial charge in [-0.25, -0.2) is 0 Å². The molecule has 2 saturated heterocycles. The lowest BCUT2D eigenvalue weighted by molar-refractivity contribution is -0.440. The molecule has 0 radical (unpaired) electrons. The third kappa shape index (κ3) is 17.8. The SMILES string of the molecule is CCCCCCCCCCCC=C[C@H]1CC[C@H](OC(C)=O)[C@@H]1CC(C#CCCC(OC(C)=O)(OC1CCCCO1)OC1CCCCO1)OC(C)=O. The fourth-order valence-electron chi connectivity index (χ4n) is 7.29. The Morgan fingerprint density at radius 2 is 1.41 bits per heavy atom. The highest BCUT2D eigenvalue weighted by Gasteiger charge is 2.43. The maximum Gasteiger partial charge on any atom is 0.334 e. The fraction of sp³-hybridized carbons (Fsp3) is 0.829. The van der Waals surface area contributed by atoms with Crippen LogP contribution in [0.15, 0.2) is 12.2 Å². The topological polar surface area (TPSA) is 116 Å². The summed E-state index contributed by atoms with van der Waals surface area (Å²) >= 11 is 0. The van der Waals surface area contributed by atoms with Gasteiger partial charge in [0.2, 0.25) is 0 Å². The number of allylic oxidation sites excluding steroid dienone is 2. The van der Waals surface area contributed by atoms with Crippen molar-refractivity contribution in [1.29, 1.82) is 0 Å². The zero-order valence-electron chi connectivity index (χ0n) is 32.0. The molecule has 3 rings (SSSR count). The van der Waals surface area contributed by atoms with Crippen molar-refractivity contribution in [3.05, 3.63) is 12.2 Å². The van der Waals surface area contributed by atoms with Crippen LogP contribution in [0.1, 0.15) is 163 Å². The highest BCUT2D eigenvalue weighted by molar-refractivity contribution is 5.67. The summed E-state index contributed by atoms with van der Waals surface area (Å²) in [6, 6.07) is 0. The standard InChI is InChI=1S/C41H66O10/c1-5-6-7-8-9-10-11-12-13-14-15-22-35-26-27-38(48-33(3)43)37(35)31-36(47-32(2)42)23-16-19-28-41(49-34(4)44,50-39-24-17-20-29-45-39)51-40-25-18-21-30-46-40/h15,22,35-40H,5-14,17-21,24-31H2,1-4H3/t35-,36?,37+,38-,39?,40?,41?/m0/s1. The van der Waals surface area contributed by atoms with Gasteiger partial charge in [0, 0.05) is 52.7 Å². The van der Waals surface area contributed by atoms with Crippen molar-refractivity contribution in [2.45, 2.75) is 193 Å². The molecular weight excluding hydrogens is 652 g/mol. The second-order valence-corrected chi connectivity index (χ2v) is 14.4. The highest BCUT2D eigenvalue weighted by Crippen LogP contribution is 2.39. The minimum absolute atomic E-state index is 0.0365. The summed E-state index contributed by atoms with van der Waals surface area (Å²) in [5.41, 5.74) is 0.